The van der Waals surface area contributed by atoms with E-state index in [1.807, 2.05) is 17.7 Å². The Kier molecular flexibility index (Phi) is 3.80. The van der Waals surface area contributed by atoms with Crippen molar-refractivity contribution in [1.29, 1.82) is 0 Å². The maximum Gasteiger partial charge on any atom is 0.275 e. The van der Waals surface area contributed by atoms with Crippen LogP contribution < -0.4 is 5.56 Å². The molecule has 7 heteroatoms. The smallest absolute Gasteiger partial charge is 0.275 e. The van der Waals surface area contributed by atoms with E-state index in [9.17, 15) is 4.79 Å². The molecular formula is C18H21N5O2. The molecule has 0 amide bonds. The van der Waals surface area contributed by atoms with Crippen molar-refractivity contribution in [2.75, 3.05) is 6.61 Å². The molecule has 0 spiro atoms. The first-order valence-corrected chi connectivity index (χ1v) is 8.48. The standard InChI is InChI=1S/C18H21N5O2/c1-4-13-12-9-14(17-11(2)20-22(3)18(17)24)19-10-15(12)23(21-13)16-7-5-6-8-25-16/h4,9-10,16,20H,1,5-8H2,2-3H3. The van der Waals surface area contributed by atoms with Crippen LogP contribution in [0.25, 0.3) is 28.2 Å². The molecule has 7 nitrogen and oxygen atoms in total. The lowest BCUT2D eigenvalue weighted by Gasteiger charge is -2.23. The third-order valence-electron chi connectivity index (χ3n) is 4.73. The second-order valence-electron chi connectivity index (χ2n) is 6.42. The lowest BCUT2D eigenvalue weighted by atomic mass is 10.1. The monoisotopic (exact) mass is 339 g/mol. The molecule has 4 rings (SSSR count). The van der Waals surface area contributed by atoms with Crippen LogP contribution in [0, 0.1) is 6.92 Å². The fourth-order valence-electron chi connectivity index (χ4n) is 3.47. The quantitative estimate of drug-likeness (QED) is 0.796. The summed E-state index contributed by atoms with van der Waals surface area (Å²) >= 11 is 0. The van der Waals surface area contributed by atoms with Crippen molar-refractivity contribution in [3.05, 3.63) is 40.6 Å². The molecule has 1 atom stereocenters. The van der Waals surface area contributed by atoms with Crippen molar-refractivity contribution in [2.45, 2.75) is 32.4 Å². The van der Waals surface area contributed by atoms with Crippen LogP contribution in [0.15, 0.2) is 23.6 Å². The number of hydrogen-bond acceptors (Lipinski definition) is 4. The van der Waals surface area contributed by atoms with Crippen LogP contribution in [0.2, 0.25) is 0 Å². The van der Waals surface area contributed by atoms with E-state index < -0.39 is 0 Å². The number of H-pyrrole nitrogens is 1. The molecule has 0 aliphatic carbocycles. The van der Waals surface area contributed by atoms with Gasteiger partial charge in [-0.15, -0.1) is 0 Å². The van der Waals surface area contributed by atoms with Gasteiger partial charge in [-0.2, -0.15) is 5.10 Å². The highest BCUT2D eigenvalue weighted by Gasteiger charge is 2.22. The zero-order valence-electron chi connectivity index (χ0n) is 14.5. The molecule has 130 valence electrons. The van der Waals surface area contributed by atoms with Gasteiger partial charge >= 0.3 is 0 Å². The highest BCUT2D eigenvalue weighted by molar-refractivity contribution is 5.89. The largest absolute Gasteiger partial charge is 0.356 e. The summed E-state index contributed by atoms with van der Waals surface area (Å²) in [5.74, 6) is 0. The highest BCUT2D eigenvalue weighted by atomic mass is 16.5. The predicted molar refractivity (Wildman–Crippen MR) is 96.2 cm³/mol. The first kappa shape index (κ1) is 15.8. The molecule has 0 radical (unpaired) electrons. The zero-order valence-corrected chi connectivity index (χ0v) is 14.5. The first-order valence-electron chi connectivity index (χ1n) is 8.48. The zero-order chi connectivity index (χ0) is 17.6. The van der Waals surface area contributed by atoms with E-state index in [4.69, 9.17) is 4.74 Å². The Hall–Kier alpha value is -2.67. The van der Waals surface area contributed by atoms with E-state index in [0.717, 1.165) is 48.2 Å². The van der Waals surface area contributed by atoms with Gasteiger partial charge in [-0.25, -0.2) is 4.68 Å². The molecule has 1 aliphatic rings. The van der Waals surface area contributed by atoms with Crippen molar-refractivity contribution in [2.24, 2.45) is 7.05 Å². The molecule has 0 saturated carbocycles. The van der Waals surface area contributed by atoms with Gasteiger partial charge in [0.2, 0.25) is 0 Å². The summed E-state index contributed by atoms with van der Waals surface area (Å²) in [5, 5.41) is 8.60. The summed E-state index contributed by atoms with van der Waals surface area (Å²) < 4.78 is 9.22. The van der Waals surface area contributed by atoms with Gasteiger partial charge in [0.05, 0.1) is 28.7 Å². The van der Waals surface area contributed by atoms with E-state index in [1.165, 1.54) is 4.68 Å². The Balaban J connectivity index is 1.88. The molecule has 3 aromatic heterocycles. The van der Waals surface area contributed by atoms with E-state index >= 15 is 0 Å². The van der Waals surface area contributed by atoms with Gasteiger partial charge in [0.15, 0.2) is 6.23 Å². The number of fused-ring (bicyclic) bond motifs is 1. The van der Waals surface area contributed by atoms with Gasteiger partial charge in [-0.1, -0.05) is 6.58 Å². The molecule has 0 aromatic carbocycles. The van der Waals surface area contributed by atoms with Crippen LogP contribution in [0.4, 0.5) is 0 Å². The molecule has 1 fully saturated rings. The molecule has 1 N–H and O–H groups in total. The molecular weight excluding hydrogens is 318 g/mol. The molecule has 1 unspecified atom stereocenters. The third-order valence-corrected chi connectivity index (χ3v) is 4.73. The van der Waals surface area contributed by atoms with Crippen molar-refractivity contribution in [1.82, 2.24) is 24.5 Å². The van der Waals surface area contributed by atoms with Crippen LogP contribution in [-0.2, 0) is 11.8 Å². The van der Waals surface area contributed by atoms with Crippen molar-refractivity contribution >= 4 is 17.0 Å². The first-order chi connectivity index (χ1) is 12.1. The van der Waals surface area contributed by atoms with Gasteiger partial charge in [0.25, 0.3) is 5.56 Å². The van der Waals surface area contributed by atoms with Gasteiger partial charge < -0.3 is 4.74 Å². The lowest BCUT2D eigenvalue weighted by molar-refractivity contribution is -0.0367. The SMILES string of the molecule is C=Cc1nn(C2CCCCO2)c2cnc(-c3c(C)[nH]n(C)c3=O)cc12. The van der Waals surface area contributed by atoms with Crippen LogP contribution in [0.1, 0.15) is 36.9 Å². The fourth-order valence-corrected chi connectivity index (χ4v) is 3.47. The van der Waals surface area contributed by atoms with Crippen LogP contribution in [0.3, 0.4) is 0 Å². The molecule has 0 bridgehead atoms. The number of hydrogen-bond donors (Lipinski definition) is 1. The number of aromatic nitrogens is 5. The summed E-state index contributed by atoms with van der Waals surface area (Å²) in [6.07, 6.45) is 6.58. The minimum Gasteiger partial charge on any atom is -0.356 e. The Morgan fingerprint density at radius 2 is 2.28 bits per heavy atom. The molecule has 1 aliphatic heterocycles. The van der Waals surface area contributed by atoms with Gasteiger partial charge in [-0.05, 0) is 38.3 Å². The van der Waals surface area contributed by atoms with E-state index in [2.05, 4.69) is 21.8 Å². The van der Waals surface area contributed by atoms with E-state index in [0.29, 0.717) is 11.3 Å². The summed E-state index contributed by atoms with van der Waals surface area (Å²) in [7, 11) is 1.70. The average Bonchev–Trinajstić information content (AvgIpc) is 3.12. The van der Waals surface area contributed by atoms with Crippen molar-refractivity contribution in [3.63, 3.8) is 0 Å². The lowest BCUT2D eigenvalue weighted by Crippen LogP contribution is -2.19. The second-order valence-corrected chi connectivity index (χ2v) is 6.42. The van der Waals surface area contributed by atoms with Gasteiger partial charge in [0.1, 0.15) is 0 Å². The highest BCUT2D eigenvalue weighted by Crippen LogP contribution is 2.30. The number of pyridine rings is 1. The Bertz CT molecular complexity index is 1000. The van der Waals surface area contributed by atoms with Gasteiger partial charge in [-0.3, -0.25) is 19.6 Å². The Morgan fingerprint density at radius 3 is 2.92 bits per heavy atom. The number of aromatic amines is 1. The van der Waals surface area contributed by atoms with Crippen molar-refractivity contribution in [3.8, 4) is 11.3 Å². The second kappa shape index (κ2) is 6.00. The third kappa shape index (κ3) is 2.51. The van der Waals surface area contributed by atoms with E-state index in [1.54, 1.807) is 19.3 Å². The maximum atomic E-state index is 12.4. The molecule has 3 aromatic rings. The Labute approximate surface area is 144 Å². The predicted octanol–water partition coefficient (Wildman–Crippen LogP) is 2.78. The summed E-state index contributed by atoms with van der Waals surface area (Å²) in [5.41, 5.74) is 3.60. The minimum absolute atomic E-state index is 0.0699. The summed E-state index contributed by atoms with van der Waals surface area (Å²) in [6, 6.07) is 1.91. The van der Waals surface area contributed by atoms with E-state index in [-0.39, 0.29) is 11.8 Å². The maximum absolute atomic E-state index is 12.4. The average molecular weight is 339 g/mol. The molecule has 25 heavy (non-hydrogen) atoms. The molecule has 4 heterocycles. The van der Waals surface area contributed by atoms with Crippen LogP contribution in [-0.4, -0.2) is 31.2 Å². The number of nitrogens with zero attached hydrogens (tertiary/aromatic N) is 4. The summed E-state index contributed by atoms with van der Waals surface area (Å²) in [4.78, 5) is 16.9. The Morgan fingerprint density at radius 1 is 1.44 bits per heavy atom. The minimum atomic E-state index is -0.0903. The van der Waals surface area contributed by atoms with Crippen LogP contribution >= 0.6 is 0 Å². The number of ether oxygens (including phenoxy) is 1. The van der Waals surface area contributed by atoms with Gasteiger partial charge in [0, 0.05) is 24.7 Å². The number of aryl methyl sites for hydroxylation is 2. The van der Waals surface area contributed by atoms with Crippen LogP contribution in [0.5, 0.6) is 0 Å². The fraction of sp³-hybridized carbons (Fsp3) is 0.389. The topological polar surface area (TPSA) is 77.7 Å². The number of nitrogens with one attached hydrogen (secondary N) is 1. The van der Waals surface area contributed by atoms with Crippen molar-refractivity contribution < 1.29 is 4.74 Å². The summed E-state index contributed by atoms with van der Waals surface area (Å²) in [6.45, 7) is 6.49. The molecule has 1 saturated heterocycles. The normalized spacial score (nSPS) is 17.9. The number of rotatable bonds is 3.